The van der Waals surface area contributed by atoms with Crippen LogP contribution in [0.15, 0.2) is 42.6 Å². The summed E-state index contributed by atoms with van der Waals surface area (Å²) in [5.74, 6) is -0.354. The number of esters is 1. The van der Waals surface area contributed by atoms with Crippen LogP contribution in [0.2, 0.25) is 0 Å². The lowest BCUT2D eigenvalue weighted by Crippen LogP contribution is -2.46. The van der Waals surface area contributed by atoms with E-state index < -0.39 is 35.8 Å². The van der Waals surface area contributed by atoms with Crippen LogP contribution in [0.3, 0.4) is 0 Å². The van der Waals surface area contributed by atoms with Gasteiger partial charge in [0.1, 0.15) is 30.2 Å². The quantitative estimate of drug-likeness (QED) is 0.215. The number of carbonyl (C=O) groups is 4. The Hall–Kier alpha value is -4.22. The molecule has 2 aliphatic heterocycles. The van der Waals surface area contributed by atoms with E-state index in [9.17, 15) is 23.6 Å². The molecule has 0 radical (unpaired) electrons. The lowest BCUT2D eigenvalue weighted by atomic mass is 9.89. The Bertz CT molecular complexity index is 1530. The minimum Gasteiger partial charge on any atom is -0.491 e. The number of hydrogen-bond donors (Lipinski definition) is 1. The molecule has 0 saturated carbocycles. The van der Waals surface area contributed by atoms with Crippen LogP contribution in [0, 0.1) is 11.8 Å². The molecule has 11 nitrogen and oxygen atoms in total. The smallest absolute Gasteiger partial charge is 0.410 e. The number of aromatic nitrogens is 1. The van der Waals surface area contributed by atoms with E-state index in [1.807, 2.05) is 45.9 Å². The van der Waals surface area contributed by atoms with Gasteiger partial charge in [0.15, 0.2) is 0 Å². The van der Waals surface area contributed by atoms with E-state index in [-0.39, 0.29) is 36.9 Å². The molecule has 0 aliphatic carbocycles. The van der Waals surface area contributed by atoms with E-state index in [1.54, 1.807) is 55.0 Å². The second-order valence-corrected chi connectivity index (χ2v) is 16.3. The van der Waals surface area contributed by atoms with Gasteiger partial charge in [-0.25, -0.2) is 9.18 Å². The Balaban J connectivity index is 1.41. The molecule has 53 heavy (non-hydrogen) atoms. The standard InChI is InChI=1S/C41H59FN4O7/c1-28(30-13-15-32(16-14-30)51-25-20-42)37-33(11-8-21-43-37)34(26-36(48)52-40(2,3)4)44-38(49)31-10-9-22-46(27-31)35(47)17-12-29-18-23-45(24-19-29)39(50)53-41(5,6)7/h8,11,13-16,21,28-29,31,34H,9-10,12,17-20,22-27H2,1-7H3,(H,44,49)/t28?,31-,34+/m1/s1. The van der Waals surface area contributed by atoms with Gasteiger partial charge in [-0.15, -0.1) is 0 Å². The Morgan fingerprint density at radius 2 is 1.60 bits per heavy atom. The second-order valence-electron chi connectivity index (χ2n) is 16.3. The summed E-state index contributed by atoms with van der Waals surface area (Å²) in [6.07, 6.45) is 5.42. The number of alkyl halides is 1. The van der Waals surface area contributed by atoms with E-state index in [1.165, 1.54) is 0 Å². The van der Waals surface area contributed by atoms with Gasteiger partial charge in [0.25, 0.3) is 0 Å². The molecule has 292 valence electrons. The summed E-state index contributed by atoms with van der Waals surface area (Å²) in [7, 11) is 0. The number of halogens is 1. The highest BCUT2D eigenvalue weighted by Gasteiger charge is 2.33. The normalized spacial score (nSPS) is 18.2. The van der Waals surface area contributed by atoms with Crippen LogP contribution in [0.1, 0.15) is 122 Å². The van der Waals surface area contributed by atoms with Gasteiger partial charge in [-0.05, 0) is 109 Å². The van der Waals surface area contributed by atoms with Crippen molar-refractivity contribution < 1.29 is 37.8 Å². The number of rotatable bonds is 13. The highest BCUT2D eigenvalue weighted by Crippen LogP contribution is 2.32. The van der Waals surface area contributed by atoms with E-state index in [4.69, 9.17) is 19.2 Å². The van der Waals surface area contributed by atoms with E-state index in [2.05, 4.69) is 5.32 Å². The van der Waals surface area contributed by atoms with Crippen molar-refractivity contribution in [1.29, 1.82) is 0 Å². The number of nitrogens with zero attached hydrogens (tertiary/aromatic N) is 3. The minimum atomic E-state index is -0.715. The molecule has 1 aromatic heterocycles. The number of likely N-dealkylation sites (tertiary alicyclic amines) is 2. The van der Waals surface area contributed by atoms with Crippen molar-refractivity contribution in [3.05, 3.63) is 59.4 Å². The van der Waals surface area contributed by atoms with Crippen LogP contribution < -0.4 is 10.1 Å². The molecule has 1 N–H and O–H groups in total. The summed E-state index contributed by atoms with van der Waals surface area (Å²) in [5, 5.41) is 3.15. The lowest BCUT2D eigenvalue weighted by Gasteiger charge is -2.35. The molecule has 1 aromatic carbocycles. The topological polar surface area (TPSA) is 127 Å². The average Bonchev–Trinajstić information content (AvgIpc) is 3.11. The summed E-state index contributed by atoms with van der Waals surface area (Å²) >= 11 is 0. The predicted octanol–water partition coefficient (Wildman–Crippen LogP) is 7.14. The van der Waals surface area contributed by atoms with Crippen molar-refractivity contribution in [2.24, 2.45) is 11.8 Å². The molecule has 0 bridgehead atoms. The van der Waals surface area contributed by atoms with Crippen LogP contribution in [-0.4, -0.2) is 89.3 Å². The third-order valence-corrected chi connectivity index (χ3v) is 9.67. The fourth-order valence-electron chi connectivity index (χ4n) is 6.97. The molecule has 2 fully saturated rings. The second kappa shape index (κ2) is 18.7. The van der Waals surface area contributed by atoms with Crippen LogP contribution in [0.25, 0.3) is 0 Å². The van der Waals surface area contributed by atoms with Gasteiger partial charge < -0.3 is 29.3 Å². The monoisotopic (exact) mass is 738 g/mol. The van der Waals surface area contributed by atoms with E-state index in [0.29, 0.717) is 68.4 Å². The fraction of sp³-hybridized carbons (Fsp3) is 0.634. The van der Waals surface area contributed by atoms with E-state index in [0.717, 1.165) is 24.8 Å². The van der Waals surface area contributed by atoms with Crippen molar-refractivity contribution in [3.8, 4) is 5.75 Å². The summed E-state index contributed by atoms with van der Waals surface area (Å²) < 4.78 is 29.2. The van der Waals surface area contributed by atoms with Gasteiger partial charge in [0.2, 0.25) is 11.8 Å². The molecule has 2 aromatic rings. The third-order valence-electron chi connectivity index (χ3n) is 9.67. The summed E-state index contributed by atoms with van der Waals surface area (Å²) in [5.41, 5.74) is 1.11. The number of nitrogens with one attached hydrogen (secondary N) is 1. The SMILES string of the molecule is CC(c1ccc(OCCF)cc1)c1ncccc1[C@H](CC(=O)OC(C)(C)C)NC(=O)[C@@H]1CCCN(C(=O)CCC2CCN(C(=O)OC(C)(C)C)CC2)C1. The molecule has 1 unspecified atom stereocenters. The lowest BCUT2D eigenvalue weighted by molar-refractivity contribution is -0.155. The van der Waals surface area contributed by atoms with Crippen molar-refractivity contribution >= 4 is 23.9 Å². The molecule has 2 aliphatic rings. The maximum atomic E-state index is 14.0. The number of benzene rings is 1. The molecule has 3 heterocycles. The van der Waals surface area contributed by atoms with Crippen LogP contribution >= 0.6 is 0 Å². The van der Waals surface area contributed by atoms with Gasteiger partial charge in [0, 0.05) is 44.7 Å². The number of amides is 3. The summed E-state index contributed by atoms with van der Waals surface area (Å²) in [4.78, 5) is 61.3. The average molecular weight is 739 g/mol. The maximum absolute atomic E-state index is 14.0. The molecule has 3 amide bonds. The molecular formula is C41H59FN4O7. The van der Waals surface area contributed by atoms with E-state index >= 15 is 0 Å². The molecule has 12 heteroatoms. The summed E-state index contributed by atoms with van der Waals surface area (Å²) in [6.45, 7) is 14.5. The third kappa shape index (κ3) is 13.0. The van der Waals surface area contributed by atoms with Crippen molar-refractivity contribution in [1.82, 2.24) is 20.1 Å². The van der Waals surface area contributed by atoms with Gasteiger partial charge >= 0.3 is 12.1 Å². The molecule has 4 rings (SSSR count). The fourth-order valence-corrected chi connectivity index (χ4v) is 6.97. The van der Waals surface area contributed by atoms with Crippen LogP contribution in [0.4, 0.5) is 9.18 Å². The highest BCUT2D eigenvalue weighted by molar-refractivity contribution is 5.82. The molecule has 0 spiro atoms. The zero-order chi connectivity index (χ0) is 38.8. The summed E-state index contributed by atoms with van der Waals surface area (Å²) in [6, 6.07) is 10.3. The first-order valence-electron chi connectivity index (χ1n) is 19.0. The van der Waals surface area contributed by atoms with Crippen LogP contribution in [0.5, 0.6) is 5.75 Å². The predicted molar refractivity (Wildman–Crippen MR) is 200 cm³/mol. The molecule has 3 atom stereocenters. The molecular weight excluding hydrogens is 679 g/mol. The Labute approximate surface area is 314 Å². The Kier molecular flexibility index (Phi) is 14.7. The first-order chi connectivity index (χ1) is 25.0. The van der Waals surface area contributed by atoms with Gasteiger partial charge in [-0.2, -0.15) is 0 Å². The van der Waals surface area contributed by atoms with Gasteiger partial charge in [0.05, 0.1) is 24.1 Å². The number of pyridine rings is 1. The van der Waals surface area contributed by atoms with Crippen molar-refractivity contribution in [2.75, 3.05) is 39.5 Å². The number of hydrogen-bond acceptors (Lipinski definition) is 8. The number of piperidine rings is 2. The van der Waals surface area contributed by atoms with Gasteiger partial charge in [-0.3, -0.25) is 19.4 Å². The van der Waals surface area contributed by atoms with Crippen molar-refractivity contribution in [2.45, 2.75) is 117 Å². The van der Waals surface area contributed by atoms with Crippen molar-refractivity contribution in [3.63, 3.8) is 0 Å². The first-order valence-corrected chi connectivity index (χ1v) is 19.0. The largest absolute Gasteiger partial charge is 0.491 e. The Morgan fingerprint density at radius 1 is 0.925 bits per heavy atom. The minimum absolute atomic E-state index is 0.0175. The number of ether oxygens (including phenoxy) is 3. The molecule has 2 saturated heterocycles. The highest BCUT2D eigenvalue weighted by atomic mass is 19.1. The first kappa shape index (κ1) is 41.5. The zero-order valence-corrected chi connectivity index (χ0v) is 32.6. The maximum Gasteiger partial charge on any atom is 0.410 e. The zero-order valence-electron chi connectivity index (χ0n) is 32.6. The van der Waals surface area contributed by atoms with Crippen LogP contribution in [-0.2, 0) is 23.9 Å². The number of carbonyl (C=O) groups excluding carboxylic acids is 4. The Morgan fingerprint density at radius 3 is 2.25 bits per heavy atom. The van der Waals surface area contributed by atoms with Gasteiger partial charge in [-0.1, -0.05) is 25.1 Å².